The van der Waals surface area contributed by atoms with Crippen LogP contribution in [0, 0.1) is 0 Å². The van der Waals surface area contributed by atoms with E-state index in [9.17, 15) is 19.2 Å². The highest BCUT2D eigenvalue weighted by Gasteiger charge is 2.18. The van der Waals surface area contributed by atoms with Crippen molar-refractivity contribution in [1.29, 1.82) is 0 Å². The highest BCUT2D eigenvalue weighted by atomic mass is 35.5. The van der Waals surface area contributed by atoms with Crippen LogP contribution in [0.2, 0.25) is 5.02 Å². The number of benzene rings is 3. The van der Waals surface area contributed by atoms with E-state index in [1.54, 1.807) is 66.5 Å². The largest absolute Gasteiger partial charge is 0.465 e. The fraction of sp³-hybridized carbons (Fsp3) is 0.250. The molecule has 1 aliphatic rings. The molecule has 0 radical (unpaired) electrons. The van der Waals surface area contributed by atoms with Crippen molar-refractivity contribution in [3.8, 4) is 0 Å². The van der Waals surface area contributed by atoms with Crippen molar-refractivity contribution in [2.45, 2.75) is 19.5 Å². The SMILES string of the molecule is COC(=O)c1ccc(CN(C)C(=O)OCCC(=O)c2ccc(Cl)cc2)c(NCc2ccc(C(=O)N3CC=CC3)cc2)c1. The van der Waals surface area contributed by atoms with Gasteiger partial charge in [-0.15, -0.1) is 0 Å². The molecule has 10 heteroatoms. The van der Waals surface area contributed by atoms with Crippen molar-refractivity contribution < 1.29 is 28.7 Å². The third-order valence-electron chi connectivity index (χ3n) is 6.76. The summed E-state index contributed by atoms with van der Waals surface area (Å²) < 4.78 is 10.2. The highest BCUT2D eigenvalue weighted by Crippen LogP contribution is 2.22. The van der Waals surface area contributed by atoms with Gasteiger partial charge in [-0.25, -0.2) is 9.59 Å². The number of amides is 2. The number of hydrogen-bond acceptors (Lipinski definition) is 7. The molecular formula is C32H32ClN3O6. The van der Waals surface area contributed by atoms with Crippen LogP contribution in [0.4, 0.5) is 10.5 Å². The van der Waals surface area contributed by atoms with E-state index in [4.69, 9.17) is 21.1 Å². The van der Waals surface area contributed by atoms with Crippen LogP contribution in [0.3, 0.4) is 0 Å². The Bertz CT molecular complexity index is 1460. The Balaban J connectivity index is 1.36. The summed E-state index contributed by atoms with van der Waals surface area (Å²) in [6.07, 6.45) is 3.39. The Kier molecular flexibility index (Phi) is 10.3. The van der Waals surface area contributed by atoms with E-state index in [1.165, 1.54) is 12.0 Å². The molecule has 4 rings (SSSR count). The maximum absolute atomic E-state index is 12.6. The molecule has 0 saturated carbocycles. The van der Waals surface area contributed by atoms with Crippen LogP contribution in [0.1, 0.15) is 48.6 Å². The molecule has 0 fully saturated rings. The van der Waals surface area contributed by atoms with Gasteiger partial charge in [-0.3, -0.25) is 9.59 Å². The molecule has 0 spiro atoms. The Hall–Kier alpha value is -4.63. The molecule has 0 unspecified atom stereocenters. The quantitative estimate of drug-likeness (QED) is 0.176. The summed E-state index contributed by atoms with van der Waals surface area (Å²) in [5, 5.41) is 3.87. The number of halogens is 1. The number of nitrogens with zero attached hydrogens (tertiary/aromatic N) is 2. The summed E-state index contributed by atoms with van der Waals surface area (Å²) in [6, 6.07) is 18.9. The average Bonchev–Trinajstić information content (AvgIpc) is 3.55. The lowest BCUT2D eigenvalue weighted by atomic mass is 10.1. The van der Waals surface area contributed by atoms with Crippen LogP contribution in [-0.4, -0.2) is 67.4 Å². The minimum Gasteiger partial charge on any atom is -0.465 e. The van der Waals surface area contributed by atoms with E-state index in [2.05, 4.69) is 5.32 Å². The Morgan fingerprint density at radius 3 is 2.21 bits per heavy atom. The Labute approximate surface area is 249 Å². The fourth-order valence-corrected chi connectivity index (χ4v) is 4.48. The second-order valence-corrected chi connectivity index (χ2v) is 10.2. The van der Waals surface area contributed by atoms with Crippen molar-refractivity contribution in [1.82, 2.24) is 9.80 Å². The van der Waals surface area contributed by atoms with Crippen LogP contribution < -0.4 is 5.32 Å². The van der Waals surface area contributed by atoms with Gasteiger partial charge in [0.15, 0.2) is 5.78 Å². The molecule has 1 aliphatic heterocycles. The minimum atomic E-state index is -0.588. The van der Waals surface area contributed by atoms with Crippen molar-refractivity contribution in [2.75, 3.05) is 39.2 Å². The van der Waals surface area contributed by atoms with Gasteiger partial charge in [0, 0.05) is 54.9 Å². The van der Waals surface area contributed by atoms with E-state index in [-0.39, 0.29) is 31.3 Å². The summed E-state index contributed by atoms with van der Waals surface area (Å²) in [5.74, 6) is -0.656. The smallest absolute Gasteiger partial charge is 0.409 e. The summed E-state index contributed by atoms with van der Waals surface area (Å²) in [6.45, 7) is 1.77. The molecule has 0 aromatic heterocycles. The van der Waals surface area contributed by atoms with E-state index >= 15 is 0 Å². The van der Waals surface area contributed by atoms with Crippen LogP contribution in [0.5, 0.6) is 0 Å². The lowest BCUT2D eigenvalue weighted by molar-refractivity contribution is 0.0600. The lowest BCUT2D eigenvalue weighted by Crippen LogP contribution is -2.28. The molecule has 9 nitrogen and oxygen atoms in total. The van der Waals surface area contributed by atoms with Crippen molar-refractivity contribution >= 4 is 41.0 Å². The van der Waals surface area contributed by atoms with Gasteiger partial charge < -0.3 is 24.6 Å². The molecule has 3 aromatic carbocycles. The van der Waals surface area contributed by atoms with E-state index < -0.39 is 12.1 Å². The number of rotatable bonds is 11. The predicted octanol–water partition coefficient (Wildman–Crippen LogP) is 5.59. The lowest BCUT2D eigenvalue weighted by Gasteiger charge is -2.20. The normalized spacial score (nSPS) is 12.1. The number of carbonyl (C=O) groups excluding carboxylic acids is 4. The molecule has 0 saturated heterocycles. The monoisotopic (exact) mass is 589 g/mol. The van der Waals surface area contributed by atoms with Gasteiger partial charge >= 0.3 is 12.1 Å². The summed E-state index contributed by atoms with van der Waals surface area (Å²) in [7, 11) is 2.90. The zero-order valence-corrected chi connectivity index (χ0v) is 24.2. The summed E-state index contributed by atoms with van der Waals surface area (Å²) in [5.41, 5.74) is 3.78. The number of ketones is 1. The summed E-state index contributed by atoms with van der Waals surface area (Å²) in [4.78, 5) is 52.9. The maximum Gasteiger partial charge on any atom is 0.409 e. The van der Waals surface area contributed by atoms with E-state index in [0.29, 0.717) is 47.0 Å². The minimum absolute atomic E-state index is 0.0168. The number of hydrogen-bond donors (Lipinski definition) is 1. The van der Waals surface area contributed by atoms with Gasteiger partial charge in [0.25, 0.3) is 5.91 Å². The Morgan fingerprint density at radius 1 is 0.905 bits per heavy atom. The number of methoxy groups -OCH3 is 1. The first-order chi connectivity index (χ1) is 20.2. The highest BCUT2D eigenvalue weighted by molar-refractivity contribution is 6.30. The molecule has 1 heterocycles. The van der Waals surface area contributed by atoms with Gasteiger partial charge in [-0.05, 0) is 59.7 Å². The first-order valence-corrected chi connectivity index (χ1v) is 13.8. The van der Waals surface area contributed by atoms with E-state index in [0.717, 1.165) is 11.1 Å². The molecule has 0 aliphatic carbocycles. The van der Waals surface area contributed by atoms with Crippen LogP contribution in [0.15, 0.2) is 78.9 Å². The van der Waals surface area contributed by atoms with Crippen molar-refractivity contribution in [3.05, 3.63) is 112 Å². The molecule has 2 amide bonds. The second kappa shape index (κ2) is 14.3. The average molecular weight is 590 g/mol. The third-order valence-corrected chi connectivity index (χ3v) is 7.01. The molecule has 3 aromatic rings. The number of carbonyl (C=O) groups is 4. The van der Waals surface area contributed by atoms with Crippen molar-refractivity contribution in [2.24, 2.45) is 0 Å². The molecular weight excluding hydrogens is 558 g/mol. The van der Waals surface area contributed by atoms with Crippen LogP contribution in [-0.2, 0) is 22.6 Å². The van der Waals surface area contributed by atoms with Crippen molar-refractivity contribution in [3.63, 3.8) is 0 Å². The maximum atomic E-state index is 12.6. The zero-order valence-electron chi connectivity index (χ0n) is 23.5. The second-order valence-electron chi connectivity index (χ2n) is 9.75. The first kappa shape index (κ1) is 30.3. The Morgan fingerprint density at radius 2 is 1.55 bits per heavy atom. The van der Waals surface area contributed by atoms with Gasteiger partial charge in [0.2, 0.25) is 0 Å². The van der Waals surface area contributed by atoms with Crippen LogP contribution in [0.25, 0.3) is 0 Å². The number of ether oxygens (including phenoxy) is 2. The zero-order chi connectivity index (χ0) is 30.1. The third kappa shape index (κ3) is 7.98. The standard InChI is InChI=1S/C32H32ClN3O6/c1-35(32(40)42-18-15-29(37)23-11-13-27(33)14-12-23)21-26-10-9-25(31(39)41-2)19-28(26)34-20-22-5-7-24(8-6-22)30(38)36-16-3-4-17-36/h3-14,19,34H,15-18,20-21H2,1-2H3. The molecule has 42 heavy (non-hydrogen) atoms. The predicted molar refractivity (Wildman–Crippen MR) is 160 cm³/mol. The molecule has 1 N–H and O–H groups in total. The number of Topliss-reactive ketones (excluding diaryl/α,β-unsaturated/α-hetero) is 1. The van der Waals surface area contributed by atoms with E-state index in [1.807, 2.05) is 24.3 Å². The van der Waals surface area contributed by atoms with Gasteiger partial charge in [0.1, 0.15) is 6.61 Å². The fourth-order valence-electron chi connectivity index (χ4n) is 4.35. The van der Waals surface area contributed by atoms with Gasteiger partial charge in [-0.2, -0.15) is 0 Å². The summed E-state index contributed by atoms with van der Waals surface area (Å²) >= 11 is 5.87. The van der Waals surface area contributed by atoms with Gasteiger partial charge in [-0.1, -0.05) is 42.0 Å². The molecule has 0 bridgehead atoms. The molecule has 0 atom stereocenters. The topological polar surface area (TPSA) is 105 Å². The number of nitrogens with one attached hydrogen (secondary N) is 1. The van der Waals surface area contributed by atoms with Gasteiger partial charge in [0.05, 0.1) is 19.2 Å². The first-order valence-electron chi connectivity index (χ1n) is 13.4. The molecule has 218 valence electrons. The van der Waals surface area contributed by atoms with Crippen LogP contribution >= 0.6 is 11.6 Å². The number of esters is 1. The number of anilines is 1.